The lowest BCUT2D eigenvalue weighted by atomic mass is 10.2. The van der Waals surface area contributed by atoms with Gasteiger partial charge in [0.2, 0.25) is 0 Å². The number of benzene rings is 2. The van der Waals surface area contributed by atoms with E-state index in [0.29, 0.717) is 12.2 Å². The van der Waals surface area contributed by atoms with E-state index < -0.39 is 11.8 Å². The van der Waals surface area contributed by atoms with Crippen molar-refractivity contribution in [1.82, 2.24) is 15.5 Å². The Morgan fingerprint density at radius 1 is 0.852 bits per heavy atom. The van der Waals surface area contributed by atoms with Gasteiger partial charge in [-0.2, -0.15) is 0 Å². The summed E-state index contributed by atoms with van der Waals surface area (Å²) in [5.74, 6) is -1.27. The van der Waals surface area contributed by atoms with Gasteiger partial charge in [-0.05, 0) is 36.4 Å². The summed E-state index contributed by atoms with van der Waals surface area (Å²) in [5, 5.41) is 11.8. The number of carbonyl (C=O) groups excluding carboxylic acids is 2. The Balaban J connectivity index is 1.42. The Kier molecular flexibility index (Phi) is 6.78. The lowest BCUT2D eigenvalue weighted by Gasteiger charge is -2.26. The highest BCUT2D eigenvalue weighted by Gasteiger charge is 2.14. The van der Waals surface area contributed by atoms with Crippen molar-refractivity contribution >= 4 is 28.9 Å². The summed E-state index contributed by atoms with van der Waals surface area (Å²) < 4.78 is 0. The molecule has 0 spiro atoms. The SMILES string of the molecule is O=C(NCCN1CCNCC1)C(=O)Nc1ccc(Nc2ccccc2)cc1. The summed E-state index contributed by atoms with van der Waals surface area (Å²) in [6.45, 7) is 5.07. The maximum Gasteiger partial charge on any atom is 0.313 e. The van der Waals surface area contributed by atoms with Gasteiger partial charge in [-0.3, -0.25) is 14.5 Å². The zero-order chi connectivity index (χ0) is 18.9. The third-order valence-electron chi connectivity index (χ3n) is 4.33. The molecule has 1 aliphatic rings. The first-order valence-electron chi connectivity index (χ1n) is 9.15. The maximum absolute atomic E-state index is 12.0. The van der Waals surface area contributed by atoms with Crippen molar-refractivity contribution < 1.29 is 9.59 Å². The minimum absolute atomic E-state index is 0.464. The summed E-state index contributed by atoms with van der Waals surface area (Å²) in [4.78, 5) is 26.2. The topological polar surface area (TPSA) is 85.5 Å². The highest BCUT2D eigenvalue weighted by atomic mass is 16.2. The Hall–Kier alpha value is -2.90. The summed E-state index contributed by atoms with van der Waals surface area (Å²) in [7, 11) is 0. The van der Waals surface area contributed by atoms with Crippen molar-refractivity contribution in [3.05, 3.63) is 54.6 Å². The molecule has 0 atom stereocenters. The molecule has 0 aromatic heterocycles. The first-order valence-corrected chi connectivity index (χ1v) is 9.15. The number of carbonyl (C=O) groups is 2. The molecule has 0 bridgehead atoms. The summed E-state index contributed by atoms with van der Waals surface area (Å²) in [6, 6.07) is 17.0. The van der Waals surface area contributed by atoms with E-state index >= 15 is 0 Å². The van der Waals surface area contributed by atoms with Crippen LogP contribution in [0, 0.1) is 0 Å². The van der Waals surface area contributed by atoms with Gasteiger partial charge in [-0.25, -0.2) is 0 Å². The van der Waals surface area contributed by atoms with Crippen LogP contribution in [0.25, 0.3) is 0 Å². The molecule has 0 aliphatic carbocycles. The lowest BCUT2D eigenvalue weighted by Crippen LogP contribution is -2.47. The van der Waals surface area contributed by atoms with Crippen LogP contribution in [0.5, 0.6) is 0 Å². The molecule has 1 fully saturated rings. The van der Waals surface area contributed by atoms with Crippen LogP contribution in [0.15, 0.2) is 54.6 Å². The fourth-order valence-corrected chi connectivity index (χ4v) is 2.86. The fraction of sp³-hybridized carbons (Fsp3) is 0.300. The van der Waals surface area contributed by atoms with E-state index in [4.69, 9.17) is 0 Å². The molecule has 7 heteroatoms. The van der Waals surface area contributed by atoms with Gasteiger partial charge in [0.15, 0.2) is 0 Å². The van der Waals surface area contributed by atoms with Crippen molar-refractivity contribution in [2.75, 3.05) is 49.9 Å². The van der Waals surface area contributed by atoms with Gasteiger partial charge in [0.05, 0.1) is 0 Å². The number of amides is 2. The van der Waals surface area contributed by atoms with E-state index in [1.54, 1.807) is 12.1 Å². The molecule has 2 aromatic rings. The van der Waals surface area contributed by atoms with Crippen LogP contribution in [0.2, 0.25) is 0 Å². The number of piperazine rings is 1. The van der Waals surface area contributed by atoms with E-state index in [1.165, 1.54) is 0 Å². The molecule has 1 saturated heterocycles. The first kappa shape index (κ1) is 18.9. The zero-order valence-corrected chi connectivity index (χ0v) is 15.2. The average Bonchev–Trinajstić information content (AvgIpc) is 2.71. The van der Waals surface area contributed by atoms with Crippen LogP contribution in [0.4, 0.5) is 17.1 Å². The monoisotopic (exact) mass is 367 g/mol. The average molecular weight is 367 g/mol. The second-order valence-electron chi connectivity index (χ2n) is 6.37. The summed E-state index contributed by atoms with van der Waals surface area (Å²) >= 11 is 0. The van der Waals surface area contributed by atoms with E-state index in [2.05, 4.69) is 26.2 Å². The van der Waals surface area contributed by atoms with Crippen molar-refractivity contribution in [3.8, 4) is 0 Å². The Labute approximate surface area is 159 Å². The second-order valence-corrected chi connectivity index (χ2v) is 6.37. The highest BCUT2D eigenvalue weighted by molar-refractivity contribution is 6.39. The second kappa shape index (κ2) is 9.70. The molecule has 2 aromatic carbocycles. The third kappa shape index (κ3) is 6.09. The summed E-state index contributed by atoms with van der Waals surface area (Å²) in [6.07, 6.45) is 0. The molecular weight excluding hydrogens is 342 g/mol. The highest BCUT2D eigenvalue weighted by Crippen LogP contribution is 2.18. The van der Waals surface area contributed by atoms with Crippen LogP contribution in [-0.4, -0.2) is 56.0 Å². The van der Waals surface area contributed by atoms with Crippen molar-refractivity contribution in [1.29, 1.82) is 0 Å². The molecular formula is C20H25N5O2. The Morgan fingerprint density at radius 3 is 2.19 bits per heavy atom. The van der Waals surface area contributed by atoms with Crippen LogP contribution in [-0.2, 0) is 9.59 Å². The lowest BCUT2D eigenvalue weighted by molar-refractivity contribution is -0.136. The molecule has 3 rings (SSSR count). The molecule has 142 valence electrons. The number of nitrogens with zero attached hydrogens (tertiary/aromatic N) is 1. The number of para-hydroxylation sites is 1. The zero-order valence-electron chi connectivity index (χ0n) is 15.2. The predicted molar refractivity (Wildman–Crippen MR) is 107 cm³/mol. The van der Waals surface area contributed by atoms with Gasteiger partial charge in [-0.15, -0.1) is 0 Å². The van der Waals surface area contributed by atoms with Crippen LogP contribution in [0.3, 0.4) is 0 Å². The van der Waals surface area contributed by atoms with E-state index in [1.807, 2.05) is 42.5 Å². The predicted octanol–water partition coefficient (Wildman–Crippen LogP) is 1.39. The standard InChI is InChI=1S/C20H25N5O2/c26-19(22-12-15-25-13-10-21-11-14-25)20(27)24-18-8-6-17(7-9-18)23-16-4-2-1-3-5-16/h1-9,21,23H,10-15H2,(H,22,26)(H,24,27). The minimum Gasteiger partial charge on any atom is -0.356 e. The van der Waals surface area contributed by atoms with Gasteiger partial charge in [0.25, 0.3) is 0 Å². The van der Waals surface area contributed by atoms with E-state index in [9.17, 15) is 9.59 Å². The Morgan fingerprint density at radius 2 is 1.48 bits per heavy atom. The van der Waals surface area contributed by atoms with Gasteiger partial charge in [0.1, 0.15) is 0 Å². The van der Waals surface area contributed by atoms with Crippen LogP contribution >= 0.6 is 0 Å². The molecule has 7 nitrogen and oxygen atoms in total. The summed E-state index contributed by atoms with van der Waals surface area (Å²) in [5.41, 5.74) is 2.47. The molecule has 0 unspecified atom stereocenters. The van der Waals surface area contributed by atoms with Crippen molar-refractivity contribution in [2.45, 2.75) is 0 Å². The smallest absolute Gasteiger partial charge is 0.313 e. The maximum atomic E-state index is 12.0. The molecule has 2 amide bonds. The van der Waals surface area contributed by atoms with Crippen molar-refractivity contribution in [3.63, 3.8) is 0 Å². The van der Waals surface area contributed by atoms with Gasteiger partial charge >= 0.3 is 11.8 Å². The fourth-order valence-electron chi connectivity index (χ4n) is 2.86. The number of anilines is 3. The first-order chi connectivity index (χ1) is 13.2. The molecule has 1 aliphatic heterocycles. The largest absolute Gasteiger partial charge is 0.356 e. The number of nitrogens with one attached hydrogen (secondary N) is 4. The third-order valence-corrected chi connectivity index (χ3v) is 4.33. The normalized spacial score (nSPS) is 14.4. The number of hydrogen-bond acceptors (Lipinski definition) is 5. The van der Waals surface area contributed by atoms with E-state index in [0.717, 1.165) is 44.1 Å². The molecule has 0 saturated carbocycles. The van der Waals surface area contributed by atoms with Gasteiger partial charge < -0.3 is 21.3 Å². The number of hydrogen-bond donors (Lipinski definition) is 4. The minimum atomic E-state index is -0.654. The van der Waals surface area contributed by atoms with Crippen LogP contribution in [0.1, 0.15) is 0 Å². The van der Waals surface area contributed by atoms with Gasteiger partial charge in [0, 0.05) is 56.3 Å². The van der Waals surface area contributed by atoms with Crippen molar-refractivity contribution in [2.24, 2.45) is 0 Å². The van der Waals surface area contributed by atoms with E-state index in [-0.39, 0.29) is 0 Å². The molecule has 27 heavy (non-hydrogen) atoms. The molecule has 0 radical (unpaired) electrons. The quantitative estimate of drug-likeness (QED) is 0.580. The van der Waals surface area contributed by atoms with Crippen LogP contribution < -0.4 is 21.3 Å². The van der Waals surface area contributed by atoms with Gasteiger partial charge in [-0.1, -0.05) is 18.2 Å². The number of rotatable bonds is 6. The molecule has 4 N–H and O–H groups in total. The molecule has 1 heterocycles. The Bertz CT molecular complexity index is 743.